The first-order chi connectivity index (χ1) is 12.9. The van der Waals surface area contributed by atoms with Crippen molar-refractivity contribution in [3.05, 3.63) is 49.1 Å². The van der Waals surface area contributed by atoms with Crippen LogP contribution in [0, 0.1) is 0 Å². The standard InChI is InChI=1S/C22H38N4O2.4ClH/c1-25(2,3)17-21(27)15-23-11-7-19(8-12-23)20-9-13-24(14-10-20)16-22(28)18-26(4,5)6;;;;/h7-14,21-22,27-28H,15-18H2,1-6H3;4*1H/q+4;;;;/p-4. The van der Waals surface area contributed by atoms with Gasteiger partial charge in [-0.25, -0.2) is 9.13 Å². The van der Waals surface area contributed by atoms with Gasteiger partial charge in [-0.15, -0.1) is 0 Å². The van der Waals surface area contributed by atoms with Gasteiger partial charge in [0.15, 0.2) is 50.1 Å². The first-order valence-electron chi connectivity index (χ1n) is 9.87. The van der Waals surface area contributed by atoms with Crippen molar-refractivity contribution < 1.29 is 77.9 Å². The third-order valence-corrected chi connectivity index (χ3v) is 4.48. The van der Waals surface area contributed by atoms with E-state index in [2.05, 4.69) is 66.6 Å². The van der Waals surface area contributed by atoms with E-state index in [1.807, 2.05) is 33.9 Å². The zero-order valence-corrected chi connectivity index (χ0v) is 22.8. The second-order valence-corrected chi connectivity index (χ2v) is 9.82. The first-order valence-corrected chi connectivity index (χ1v) is 9.87. The van der Waals surface area contributed by atoms with Gasteiger partial charge in [0, 0.05) is 24.3 Å². The molecule has 0 aliphatic heterocycles. The van der Waals surface area contributed by atoms with E-state index < -0.39 is 0 Å². The van der Waals surface area contributed by atoms with Crippen LogP contribution in [0.15, 0.2) is 49.1 Å². The van der Waals surface area contributed by atoms with Crippen molar-refractivity contribution >= 4 is 0 Å². The van der Waals surface area contributed by atoms with Crippen LogP contribution in [-0.2, 0) is 13.1 Å². The molecule has 6 nitrogen and oxygen atoms in total. The number of nitrogens with zero attached hydrogens (tertiary/aromatic N) is 4. The van der Waals surface area contributed by atoms with E-state index in [1.54, 1.807) is 0 Å². The predicted molar refractivity (Wildman–Crippen MR) is 110 cm³/mol. The molecule has 10 heteroatoms. The van der Waals surface area contributed by atoms with Crippen LogP contribution in [-0.4, -0.2) is 86.8 Å². The van der Waals surface area contributed by atoms with E-state index >= 15 is 0 Å². The van der Waals surface area contributed by atoms with Gasteiger partial charge in [0.2, 0.25) is 0 Å². The van der Waals surface area contributed by atoms with Crippen molar-refractivity contribution in [2.75, 3.05) is 55.4 Å². The van der Waals surface area contributed by atoms with E-state index in [-0.39, 0.29) is 61.8 Å². The zero-order valence-electron chi connectivity index (χ0n) is 19.8. The number of pyridine rings is 2. The Balaban J connectivity index is -0.00000210. The maximum atomic E-state index is 10.2. The number of hydrogen-bond donors (Lipinski definition) is 2. The average molecular weight is 532 g/mol. The lowest BCUT2D eigenvalue weighted by atomic mass is 10.1. The summed E-state index contributed by atoms with van der Waals surface area (Å²) in [6, 6.07) is 8.29. The summed E-state index contributed by atoms with van der Waals surface area (Å²) in [5.41, 5.74) is 2.27. The number of likely N-dealkylation sites (N-methyl/N-ethyl adjacent to an activating group) is 2. The van der Waals surface area contributed by atoms with Crippen molar-refractivity contribution in [2.45, 2.75) is 25.3 Å². The van der Waals surface area contributed by atoms with Crippen molar-refractivity contribution in [1.82, 2.24) is 0 Å². The van der Waals surface area contributed by atoms with Gasteiger partial charge in [-0.05, 0) is 11.1 Å². The number of halogens is 4. The molecule has 2 rings (SSSR count). The minimum atomic E-state index is -0.371. The Morgan fingerprint density at radius 2 is 0.844 bits per heavy atom. The highest BCUT2D eigenvalue weighted by molar-refractivity contribution is 5.60. The molecule has 2 atom stereocenters. The Morgan fingerprint density at radius 3 is 1.06 bits per heavy atom. The van der Waals surface area contributed by atoms with Crippen LogP contribution < -0.4 is 58.8 Å². The Labute approximate surface area is 218 Å². The van der Waals surface area contributed by atoms with Crippen LogP contribution in [0.2, 0.25) is 0 Å². The summed E-state index contributed by atoms with van der Waals surface area (Å²) < 4.78 is 5.53. The molecule has 0 aliphatic carbocycles. The molecule has 2 aromatic rings. The molecule has 32 heavy (non-hydrogen) atoms. The van der Waals surface area contributed by atoms with E-state index in [9.17, 15) is 10.2 Å². The molecule has 0 fully saturated rings. The molecule has 0 amide bonds. The summed E-state index contributed by atoms with van der Waals surface area (Å²) in [7, 11) is 12.5. The number of hydrogen-bond acceptors (Lipinski definition) is 2. The normalized spacial score (nSPS) is 12.9. The third kappa shape index (κ3) is 13.8. The van der Waals surface area contributed by atoms with Crippen LogP contribution in [0.5, 0.6) is 0 Å². The summed E-state index contributed by atoms with van der Waals surface area (Å²) in [4.78, 5) is 0. The van der Waals surface area contributed by atoms with Gasteiger partial charge in [0.05, 0.1) is 42.3 Å². The molecule has 0 aliphatic rings. The fourth-order valence-electron chi connectivity index (χ4n) is 3.41. The lowest BCUT2D eigenvalue weighted by Gasteiger charge is -2.25. The highest BCUT2D eigenvalue weighted by Gasteiger charge is 2.20. The van der Waals surface area contributed by atoms with Crippen molar-refractivity contribution in [3.63, 3.8) is 0 Å². The Hall–Kier alpha value is -0.700. The van der Waals surface area contributed by atoms with Crippen molar-refractivity contribution in [3.8, 4) is 11.1 Å². The highest BCUT2D eigenvalue weighted by atomic mass is 35.5. The van der Waals surface area contributed by atoms with Crippen LogP contribution in [0.25, 0.3) is 11.1 Å². The molecule has 0 aromatic carbocycles. The maximum Gasteiger partial charge on any atom is 0.179 e. The Kier molecular flexibility index (Phi) is 17.1. The van der Waals surface area contributed by atoms with Crippen molar-refractivity contribution in [2.24, 2.45) is 0 Å². The lowest BCUT2D eigenvalue weighted by Crippen LogP contribution is -3.00. The van der Waals surface area contributed by atoms with Crippen molar-refractivity contribution in [1.29, 1.82) is 0 Å². The molecule has 0 saturated carbocycles. The van der Waals surface area contributed by atoms with E-state index in [1.165, 1.54) is 0 Å². The molecule has 2 heterocycles. The molecule has 0 saturated heterocycles. The van der Waals surface area contributed by atoms with Crippen LogP contribution in [0.4, 0.5) is 0 Å². The number of quaternary nitrogens is 2. The smallest absolute Gasteiger partial charge is 0.179 e. The van der Waals surface area contributed by atoms with E-state index in [4.69, 9.17) is 0 Å². The molecule has 2 unspecified atom stereocenters. The summed E-state index contributed by atoms with van der Waals surface area (Å²) in [5, 5.41) is 20.5. The lowest BCUT2D eigenvalue weighted by molar-refractivity contribution is -0.877. The van der Waals surface area contributed by atoms with Gasteiger partial charge < -0.3 is 68.8 Å². The van der Waals surface area contributed by atoms with E-state index in [0.29, 0.717) is 26.2 Å². The largest absolute Gasteiger partial charge is 1.00 e. The summed E-state index contributed by atoms with van der Waals surface area (Å²) >= 11 is 0. The number of rotatable bonds is 9. The summed E-state index contributed by atoms with van der Waals surface area (Å²) in [6.07, 6.45) is 7.32. The molecule has 2 aromatic heterocycles. The molecular weight excluding hydrogens is 494 g/mol. The van der Waals surface area contributed by atoms with Crippen LogP contribution in [0.1, 0.15) is 0 Å². The predicted octanol–water partition coefficient (Wildman–Crippen LogP) is -11.9. The quantitative estimate of drug-likeness (QED) is 0.249. The summed E-state index contributed by atoms with van der Waals surface area (Å²) in [6.45, 7) is 2.62. The van der Waals surface area contributed by atoms with Gasteiger partial charge in [-0.3, -0.25) is 0 Å². The van der Waals surface area contributed by atoms with E-state index in [0.717, 1.165) is 20.1 Å². The number of aliphatic hydroxyl groups excluding tert-OH is 2. The minimum absolute atomic E-state index is 0. The topological polar surface area (TPSA) is 48.2 Å². The van der Waals surface area contributed by atoms with Crippen LogP contribution in [0.3, 0.4) is 0 Å². The zero-order chi connectivity index (χ0) is 20.9. The Bertz CT molecular complexity index is 683. The maximum absolute atomic E-state index is 10.2. The number of aromatic nitrogens is 2. The molecule has 0 radical (unpaired) electrons. The molecule has 186 valence electrons. The fraction of sp³-hybridized carbons (Fsp3) is 0.545. The number of aliphatic hydroxyl groups is 2. The molecule has 0 spiro atoms. The molecule has 0 bridgehead atoms. The Morgan fingerprint density at radius 1 is 0.594 bits per heavy atom. The fourth-order valence-corrected chi connectivity index (χ4v) is 3.41. The van der Waals surface area contributed by atoms with Gasteiger partial charge >= 0.3 is 0 Å². The average Bonchev–Trinajstić information content (AvgIpc) is 2.52. The van der Waals surface area contributed by atoms with Gasteiger partial charge in [-0.2, -0.15) is 0 Å². The second kappa shape index (κ2) is 15.3. The first kappa shape index (κ1) is 35.9. The van der Waals surface area contributed by atoms with Crippen LogP contribution >= 0.6 is 0 Å². The SMILES string of the molecule is C[N+](C)(C)CC(O)C[n+]1ccc(-c2cc[n+](CC(O)C[N+](C)(C)C)cc2)cc1.[Cl-].[Cl-].[Cl-].[Cl-]. The minimum Gasteiger partial charge on any atom is -1.00 e. The van der Waals surface area contributed by atoms with Gasteiger partial charge in [-0.1, -0.05) is 0 Å². The molecular formula is C22H38Cl4N4O2. The second-order valence-electron chi connectivity index (χ2n) is 9.82. The van der Waals surface area contributed by atoms with Gasteiger partial charge in [0.1, 0.15) is 13.1 Å². The van der Waals surface area contributed by atoms with Gasteiger partial charge in [0.25, 0.3) is 0 Å². The monoisotopic (exact) mass is 530 g/mol. The summed E-state index contributed by atoms with van der Waals surface area (Å²) in [5.74, 6) is 0. The third-order valence-electron chi connectivity index (χ3n) is 4.48. The highest BCUT2D eigenvalue weighted by Crippen LogP contribution is 2.15. The molecule has 2 N–H and O–H groups in total.